The lowest BCUT2D eigenvalue weighted by molar-refractivity contribution is 0.0708. The lowest BCUT2D eigenvalue weighted by Crippen LogP contribution is -2.46. The molecule has 1 atom stereocenters. The van der Waals surface area contributed by atoms with Gasteiger partial charge in [-0.1, -0.05) is 23.7 Å². The number of amides is 1. The van der Waals surface area contributed by atoms with Crippen LogP contribution in [0.5, 0.6) is 0 Å². The van der Waals surface area contributed by atoms with Gasteiger partial charge in [0.05, 0.1) is 10.6 Å². The van der Waals surface area contributed by atoms with E-state index in [-0.39, 0.29) is 11.9 Å². The molecule has 1 saturated heterocycles. The number of nitrogens with one attached hydrogen (secondary N) is 1. The Labute approximate surface area is 107 Å². The normalized spacial score (nSPS) is 20.0. The first kappa shape index (κ1) is 12.4. The summed E-state index contributed by atoms with van der Waals surface area (Å²) in [4.78, 5) is 14.1. The number of hydrogen-bond acceptors (Lipinski definition) is 2. The maximum absolute atomic E-state index is 12.3. The highest BCUT2D eigenvalue weighted by Crippen LogP contribution is 2.19. The first-order valence-corrected chi connectivity index (χ1v) is 6.30. The van der Waals surface area contributed by atoms with Gasteiger partial charge in [0, 0.05) is 19.6 Å². The van der Waals surface area contributed by atoms with Crippen LogP contribution >= 0.6 is 11.6 Å². The first-order valence-electron chi connectivity index (χ1n) is 5.92. The summed E-state index contributed by atoms with van der Waals surface area (Å²) in [5.41, 5.74) is 0.585. The maximum atomic E-state index is 12.3. The predicted molar refractivity (Wildman–Crippen MR) is 69.4 cm³/mol. The maximum Gasteiger partial charge on any atom is 0.255 e. The number of piperidine rings is 1. The van der Waals surface area contributed by atoms with Gasteiger partial charge in [0.25, 0.3) is 5.91 Å². The lowest BCUT2D eigenvalue weighted by atomic mass is 10.1. The van der Waals surface area contributed by atoms with Crippen molar-refractivity contribution in [2.75, 3.05) is 20.1 Å². The van der Waals surface area contributed by atoms with Crippen molar-refractivity contribution in [3.63, 3.8) is 0 Å². The second-order valence-corrected chi connectivity index (χ2v) is 4.80. The van der Waals surface area contributed by atoms with Gasteiger partial charge in [-0.3, -0.25) is 4.79 Å². The molecule has 0 spiro atoms. The monoisotopic (exact) mass is 252 g/mol. The second-order valence-electron chi connectivity index (χ2n) is 4.40. The summed E-state index contributed by atoms with van der Waals surface area (Å²) in [7, 11) is 1.85. The lowest BCUT2D eigenvalue weighted by Gasteiger charge is -2.31. The van der Waals surface area contributed by atoms with E-state index in [9.17, 15) is 4.79 Å². The molecular formula is C13H17ClN2O. The van der Waals surface area contributed by atoms with Crippen LogP contribution in [-0.2, 0) is 0 Å². The van der Waals surface area contributed by atoms with Crippen LogP contribution in [0.2, 0.25) is 5.02 Å². The van der Waals surface area contributed by atoms with Gasteiger partial charge >= 0.3 is 0 Å². The van der Waals surface area contributed by atoms with E-state index < -0.39 is 0 Å². The zero-order valence-electron chi connectivity index (χ0n) is 9.95. The Balaban J connectivity index is 2.11. The smallest absolute Gasteiger partial charge is 0.255 e. The van der Waals surface area contributed by atoms with Gasteiger partial charge in [0.15, 0.2) is 0 Å². The van der Waals surface area contributed by atoms with Crippen molar-refractivity contribution in [1.82, 2.24) is 10.2 Å². The summed E-state index contributed by atoms with van der Waals surface area (Å²) in [6.07, 6.45) is 2.17. The minimum absolute atomic E-state index is 0.00398. The van der Waals surface area contributed by atoms with Gasteiger partial charge in [0.2, 0.25) is 0 Å². The molecule has 0 bridgehead atoms. The molecule has 1 aliphatic heterocycles. The molecule has 0 unspecified atom stereocenters. The molecule has 17 heavy (non-hydrogen) atoms. The molecule has 0 aliphatic carbocycles. The standard InChI is InChI=1S/C13H17ClN2O/c1-16(10-5-4-8-15-9-10)13(17)11-6-2-3-7-12(11)14/h2-3,6-7,10,15H,4-5,8-9H2,1H3/t10-/m0/s1. The number of carbonyl (C=O) groups excluding carboxylic acids is 1. The minimum atomic E-state index is 0.00398. The Morgan fingerprint density at radius 3 is 2.88 bits per heavy atom. The van der Waals surface area contributed by atoms with Crippen molar-refractivity contribution in [3.8, 4) is 0 Å². The summed E-state index contributed by atoms with van der Waals surface area (Å²) < 4.78 is 0. The zero-order valence-corrected chi connectivity index (χ0v) is 10.7. The fourth-order valence-electron chi connectivity index (χ4n) is 2.15. The molecule has 1 aromatic rings. The molecule has 0 aromatic heterocycles. The summed E-state index contributed by atoms with van der Waals surface area (Å²) in [6.45, 7) is 1.91. The summed E-state index contributed by atoms with van der Waals surface area (Å²) >= 11 is 6.04. The molecule has 1 fully saturated rings. The van der Waals surface area contributed by atoms with Crippen molar-refractivity contribution in [1.29, 1.82) is 0 Å². The first-order chi connectivity index (χ1) is 8.20. The van der Waals surface area contributed by atoms with Crippen LogP contribution in [0.25, 0.3) is 0 Å². The molecule has 1 heterocycles. The van der Waals surface area contributed by atoms with Crippen LogP contribution in [0.4, 0.5) is 0 Å². The average Bonchev–Trinajstić information content (AvgIpc) is 2.39. The van der Waals surface area contributed by atoms with E-state index in [1.165, 1.54) is 0 Å². The van der Waals surface area contributed by atoms with E-state index in [2.05, 4.69) is 5.32 Å². The Morgan fingerprint density at radius 1 is 1.47 bits per heavy atom. The third-order valence-electron chi connectivity index (χ3n) is 3.24. The van der Waals surface area contributed by atoms with Crippen molar-refractivity contribution in [3.05, 3.63) is 34.9 Å². The molecule has 1 N–H and O–H groups in total. The van der Waals surface area contributed by atoms with Crippen LogP contribution < -0.4 is 5.32 Å². The highest BCUT2D eigenvalue weighted by molar-refractivity contribution is 6.33. The van der Waals surface area contributed by atoms with Crippen LogP contribution in [0.15, 0.2) is 24.3 Å². The minimum Gasteiger partial charge on any atom is -0.337 e. The third-order valence-corrected chi connectivity index (χ3v) is 3.57. The molecule has 4 heteroatoms. The predicted octanol–water partition coefficient (Wildman–Crippen LogP) is 2.16. The fraction of sp³-hybridized carbons (Fsp3) is 0.462. The van der Waals surface area contributed by atoms with Crippen molar-refractivity contribution >= 4 is 17.5 Å². The van der Waals surface area contributed by atoms with Crippen LogP contribution in [0.1, 0.15) is 23.2 Å². The number of carbonyl (C=O) groups is 1. The molecule has 1 amide bonds. The van der Waals surface area contributed by atoms with E-state index >= 15 is 0 Å². The van der Waals surface area contributed by atoms with Crippen molar-refractivity contribution in [2.45, 2.75) is 18.9 Å². The van der Waals surface area contributed by atoms with Crippen LogP contribution in [0.3, 0.4) is 0 Å². The van der Waals surface area contributed by atoms with E-state index in [4.69, 9.17) is 11.6 Å². The molecule has 0 radical (unpaired) electrons. The van der Waals surface area contributed by atoms with Gasteiger partial charge in [-0.25, -0.2) is 0 Å². The van der Waals surface area contributed by atoms with Gasteiger partial charge in [-0.2, -0.15) is 0 Å². The van der Waals surface area contributed by atoms with E-state index in [1.54, 1.807) is 17.0 Å². The molecule has 2 rings (SSSR count). The van der Waals surface area contributed by atoms with Gasteiger partial charge in [0.1, 0.15) is 0 Å². The highest BCUT2D eigenvalue weighted by Gasteiger charge is 2.23. The van der Waals surface area contributed by atoms with Gasteiger partial charge in [-0.05, 0) is 31.5 Å². The Kier molecular flexibility index (Phi) is 4.02. The summed E-state index contributed by atoms with van der Waals surface area (Å²) in [5, 5.41) is 3.83. The molecule has 92 valence electrons. The Bertz CT molecular complexity index is 402. The molecule has 1 aromatic carbocycles. The van der Waals surface area contributed by atoms with E-state index in [0.29, 0.717) is 10.6 Å². The third kappa shape index (κ3) is 2.79. The quantitative estimate of drug-likeness (QED) is 0.875. The number of benzene rings is 1. The molecular weight excluding hydrogens is 236 g/mol. The van der Waals surface area contributed by atoms with Gasteiger partial charge in [-0.15, -0.1) is 0 Å². The molecule has 0 saturated carbocycles. The van der Waals surface area contributed by atoms with Crippen LogP contribution in [-0.4, -0.2) is 37.0 Å². The van der Waals surface area contributed by atoms with Crippen molar-refractivity contribution < 1.29 is 4.79 Å². The van der Waals surface area contributed by atoms with E-state index in [0.717, 1.165) is 25.9 Å². The van der Waals surface area contributed by atoms with Crippen molar-refractivity contribution in [2.24, 2.45) is 0 Å². The fourth-order valence-corrected chi connectivity index (χ4v) is 2.37. The number of likely N-dealkylation sites (N-methyl/N-ethyl adjacent to an activating group) is 1. The Hall–Kier alpha value is -1.06. The number of halogens is 1. The van der Waals surface area contributed by atoms with Gasteiger partial charge < -0.3 is 10.2 Å². The van der Waals surface area contributed by atoms with E-state index in [1.807, 2.05) is 19.2 Å². The summed E-state index contributed by atoms with van der Waals surface area (Å²) in [5.74, 6) is 0.00398. The Morgan fingerprint density at radius 2 is 2.24 bits per heavy atom. The number of nitrogens with zero attached hydrogens (tertiary/aromatic N) is 1. The SMILES string of the molecule is CN(C(=O)c1ccccc1Cl)[C@H]1CCCNC1. The molecule has 1 aliphatic rings. The number of hydrogen-bond donors (Lipinski definition) is 1. The average molecular weight is 253 g/mol. The summed E-state index contributed by atoms with van der Waals surface area (Å²) in [6, 6.07) is 7.47. The topological polar surface area (TPSA) is 32.3 Å². The zero-order chi connectivity index (χ0) is 12.3. The largest absolute Gasteiger partial charge is 0.337 e. The second kappa shape index (κ2) is 5.52. The highest BCUT2D eigenvalue weighted by atomic mass is 35.5. The number of rotatable bonds is 2. The molecule has 3 nitrogen and oxygen atoms in total. The van der Waals surface area contributed by atoms with Crippen LogP contribution in [0, 0.1) is 0 Å².